The largest absolute Gasteiger partial charge is 0.478 e. The van der Waals surface area contributed by atoms with Gasteiger partial charge in [-0.15, -0.1) is 0 Å². The molecule has 0 aliphatic carbocycles. The van der Waals surface area contributed by atoms with Gasteiger partial charge in [-0.25, -0.2) is 0 Å². The third kappa shape index (κ3) is 3.88. The lowest BCUT2D eigenvalue weighted by atomic mass is 9.98. The van der Waals surface area contributed by atoms with Crippen molar-refractivity contribution in [1.29, 1.82) is 0 Å². The first-order chi connectivity index (χ1) is 17.4. The number of hydrogen-bond acceptors (Lipinski definition) is 4. The summed E-state index contributed by atoms with van der Waals surface area (Å²) in [5.41, 5.74) is 5.48. The highest BCUT2D eigenvalue weighted by atomic mass is 35.5. The number of ketones is 1. The van der Waals surface area contributed by atoms with Crippen LogP contribution in [0.3, 0.4) is 0 Å². The summed E-state index contributed by atoms with van der Waals surface area (Å²) in [4.78, 5) is 15.6. The van der Waals surface area contributed by atoms with E-state index in [4.69, 9.17) is 32.7 Å². The number of rotatable bonds is 4. The molecule has 7 heteroatoms. The number of benzene rings is 3. The summed E-state index contributed by atoms with van der Waals surface area (Å²) in [6.45, 7) is 6.53. The topological polar surface area (TPSA) is 43.7 Å². The van der Waals surface area contributed by atoms with Crippen molar-refractivity contribution < 1.29 is 14.3 Å². The summed E-state index contributed by atoms with van der Waals surface area (Å²) in [5, 5.41) is 2.15. The van der Waals surface area contributed by atoms with Crippen LogP contribution >= 0.6 is 23.2 Å². The number of Topliss-reactive ketones (excluding diaryl/α,β-unsaturated/α-hetero) is 1. The van der Waals surface area contributed by atoms with Crippen molar-refractivity contribution in [2.24, 2.45) is 0 Å². The monoisotopic (exact) mass is 518 g/mol. The number of carbonyl (C=O) groups excluding carboxylic acids is 1. The minimum atomic E-state index is -0.0970. The van der Waals surface area contributed by atoms with Crippen LogP contribution in [0.2, 0.25) is 10.0 Å². The Kier molecular flexibility index (Phi) is 5.79. The molecule has 0 atom stereocenters. The van der Waals surface area contributed by atoms with E-state index in [1.165, 1.54) is 0 Å². The van der Waals surface area contributed by atoms with Gasteiger partial charge in [-0.1, -0.05) is 47.5 Å². The number of ether oxygens (including phenoxy) is 2. The maximum Gasteiger partial charge on any atom is 0.232 e. The van der Waals surface area contributed by atoms with Crippen molar-refractivity contribution in [2.75, 3.05) is 6.73 Å². The number of hydrogen-bond donors (Lipinski definition) is 0. The van der Waals surface area contributed by atoms with Crippen molar-refractivity contribution in [2.45, 2.75) is 33.5 Å². The zero-order valence-corrected chi connectivity index (χ0v) is 21.5. The summed E-state index contributed by atoms with van der Waals surface area (Å²) >= 11 is 12.3. The maximum absolute atomic E-state index is 13.5. The molecule has 2 aliphatic heterocycles. The molecule has 0 N–H and O–H groups in total. The molecule has 0 unspecified atom stereocenters. The van der Waals surface area contributed by atoms with Crippen LogP contribution in [0.5, 0.6) is 11.5 Å². The molecule has 3 heterocycles. The van der Waals surface area contributed by atoms with Crippen LogP contribution in [0, 0.1) is 6.92 Å². The van der Waals surface area contributed by atoms with Crippen molar-refractivity contribution in [3.05, 3.63) is 98.3 Å². The Labute approximate surface area is 219 Å². The highest BCUT2D eigenvalue weighted by molar-refractivity contribution is 6.42. The molecule has 0 radical (unpaired) electrons. The number of carbonyl (C=O) groups is 1. The molecule has 6 rings (SSSR count). The van der Waals surface area contributed by atoms with Gasteiger partial charge in [-0.3, -0.25) is 9.69 Å². The summed E-state index contributed by atoms with van der Waals surface area (Å²) in [7, 11) is 0. The fourth-order valence-electron chi connectivity index (χ4n) is 5.07. The number of allylic oxidation sites excluding steroid dienone is 1. The van der Waals surface area contributed by atoms with Crippen LogP contribution in [0.15, 0.2) is 60.5 Å². The van der Waals surface area contributed by atoms with Crippen molar-refractivity contribution in [1.82, 2.24) is 9.47 Å². The molecule has 36 heavy (non-hydrogen) atoms. The van der Waals surface area contributed by atoms with Gasteiger partial charge in [-0.2, -0.15) is 0 Å². The fraction of sp³-hybridized carbons (Fsp3) is 0.207. The Hall–Kier alpha value is -3.25. The van der Waals surface area contributed by atoms with Gasteiger partial charge in [0.15, 0.2) is 5.76 Å². The average molecular weight is 519 g/mol. The zero-order chi connectivity index (χ0) is 25.0. The van der Waals surface area contributed by atoms with Crippen molar-refractivity contribution in [3.8, 4) is 11.5 Å². The molecule has 0 bridgehead atoms. The minimum absolute atomic E-state index is 0.0970. The van der Waals surface area contributed by atoms with Crippen molar-refractivity contribution >= 4 is 46.0 Å². The molecule has 3 aromatic carbocycles. The minimum Gasteiger partial charge on any atom is -0.478 e. The van der Waals surface area contributed by atoms with Gasteiger partial charge in [0.1, 0.15) is 18.2 Å². The first kappa shape index (κ1) is 23.2. The van der Waals surface area contributed by atoms with Crippen LogP contribution in [0.4, 0.5) is 0 Å². The molecular weight excluding hydrogens is 495 g/mol. The number of aromatic nitrogens is 1. The maximum atomic E-state index is 13.5. The number of aryl methyl sites for hydroxylation is 2. The van der Waals surface area contributed by atoms with E-state index in [1.54, 1.807) is 6.07 Å². The highest BCUT2D eigenvalue weighted by Crippen LogP contribution is 2.44. The molecule has 0 saturated carbocycles. The van der Waals surface area contributed by atoms with Gasteiger partial charge in [0, 0.05) is 42.3 Å². The Morgan fingerprint density at radius 3 is 2.72 bits per heavy atom. The van der Waals surface area contributed by atoms with Crippen LogP contribution in [0.1, 0.15) is 39.5 Å². The van der Waals surface area contributed by atoms with Gasteiger partial charge < -0.3 is 14.0 Å². The standard InChI is InChI=1S/C29H24Cl2N2O3/c1-3-33-14-19(20-6-4-5-7-24(20)33)12-26-28(34)27-17(2)10-25-21(29(27)36-26)15-32(16-35-25)13-18-8-9-22(30)23(31)11-18/h4-12,14H,3,13,15-16H2,1-2H3/b26-12-. The zero-order valence-electron chi connectivity index (χ0n) is 20.0. The van der Waals surface area contributed by atoms with E-state index in [0.29, 0.717) is 46.9 Å². The number of halogens is 2. The van der Waals surface area contributed by atoms with E-state index in [1.807, 2.05) is 43.3 Å². The lowest BCUT2D eigenvalue weighted by Gasteiger charge is -2.30. The highest BCUT2D eigenvalue weighted by Gasteiger charge is 2.35. The molecule has 5 nitrogen and oxygen atoms in total. The molecule has 182 valence electrons. The van der Waals surface area contributed by atoms with E-state index >= 15 is 0 Å². The molecule has 2 aliphatic rings. The smallest absolute Gasteiger partial charge is 0.232 e. The Bertz CT molecular complexity index is 1570. The lowest BCUT2D eigenvalue weighted by molar-refractivity contribution is 0.0872. The summed E-state index contributed by atoms with van der Waals surface area (Å²) in [5.74, 6) is 1.59. The Morgan fingerprint density at radius 2 is 1.92 bits per heavy atom. The third-order valence-electron chi connectivity index (χ3n) is 6.82. The molecule has 0 spiro atoms. The summed E-state index contributed by atoms with van der Waals surface area (Å²) in [6, 6.07) is 15.8. The van der Waals surface area contributed by atoms with Gasteiger partial charge in [0.05, 0.1) is 21.2 Å². The van der Waals surface area contributed by atoms with Gasteiger partial charge in [0.25, 0.3) is 0 Å². The van der Waals surface area contributed by atoms with Crippen LogP contribution in [-0.2, 0) is 19.6 Å². The normalized spacial score (nSPS) is 16.2. The first-order valence-corrected chi connectivity index (χ1v) is 12.7. The predicted molar refractivity (Wildman–Crippen MR) is 143 cm³/mol. The second-order valence-corrected chi connectivity index (χ2v) is 10.0. The van der Waals surface area contributed by atoms with E-state index < -0.39 is 0 Å². The van der Waals surface area contributed by atoms with E-state index in [2.05, 4.69) is 34.7 Å². The van der Waals surface area contributed by atoms with Gasteiger partial charge in [0.2, 0.25) is 5.78 Å². The Balaban J connectivity index is 1.34. The number of para-hydroxylation sites is 1. The number of fused-ring (bicyclic) bond motifs is 4. The number of nitrogens with zero attached hydrogens (tertiary/aromatic N) is 2. The molecule has 0 saturated heterocycles. The van der Waals surface area contributed by atoms with Gasteiger partial charge >= 0.3 is 0 Å². The van der Waals surface area contributed by atoms with Crippen molar-refractivity contribution in [3.63, 3.8) is 0 Å². The van der Waals surface area contributed by atoms with Crippen LogP contribution in [-0.4, -0.2) is 22.0 Å². The Morgan fingerprint density at radius 1 is 1.08 bits per heavy atom. The van der Waals surface area contributed by atoms with Crippen LogP contribution in [0.25, 0.3) is 17.0 Å². The van der Waals surface area contributed by atoms with E-state index in [0.717, 1.165) is 45.5 Å². The summed E-state index contributed by atoms with van der Waals surface area (Å²) < 4.78 is 14.5. The van der Waals surface area contributed by atoms with E-state index in [-0.39, 0.29) is 5.78 Å². The first-order valence-electron chi connectivity index (χ1n) is 11.9. The quantitative estimate of drug-likeness (QED) is 0.267. The average Bonchev–Trinajstić information content (AvgIpc) is 3.40. The molecule has 0 amide bonds. The predicted octanol–water partition coefficient (Wildman–Crippen LogP) is 7.24. The summed E-state index contributed by atoms with van der Waals surface area (Å²) in [6.07, 6.45) is 3.93. The molecule has 4 aromatic rings. The lowest BCUT2D eigenvalue weighted by Crippen LogP contribution is -2.31. The second-order valence-electron chi connectivity index (χ2n) is 9.21. The van der Waals surface area contributed by atoms with Gasteiger partial charge in [-0.05, 0) is 55.3 Å². The molecule has 1 aromatic heterocycles. The van der Waals surface area contributed by atoms with E-state index in [9.17, 15) is 4.79 Å². The SMILES string of the molecule is CCn1cc(/C=C2\Oc3c4c(cc(C)c3C2=O)OCN(Cc2ccc(Cl)c(Cl)c2)C4)c2ccccc21. The molecular formula is C29H24Cl2N2O3. The molecule has 0 fully saturated rings. The second kappa shape index (κ2) is 9.00. The fourth-order valence-corrected chi connectivity index (χ4v) is 5.39. The van der Waals surface area contributed by atoms with Crippen LogP contribution < -0.4 is 9.47 Å². The third-order valence-corrected chi connectivity index (χ3v) is 7.56.